The molecule has 2 aromatic rings. The van der Waals surface area contributed by atoms with Crippen LogP contribution in [0.3, 0.4) is 0 Å². The Morgan fingerprint density at radius 1 is 1.35 bits per heavy atom. The molecule has 3 rings (SSSR count). The van der Waals surface area contributed by atoms with E-state index in [2.05, 4.69) is 24.4 Å². The molecule has 0 amide bonds. The maximum Gasteiger partial charge on any atom is 0.158 e. The molecule has 2 N–H and O–H groups in total. The highest BCUT2D eigenvalue weighted by Gasteiger charge is 2.18. The average molecular weight is 274 g/mol. The maximum absolute atomic E-state index is 5.86. The molecule has 0 saturated heterocycles. The predicted molar refractivity (Wildman–Crippen MR) is 75.1 cm³/mol. The van der Waals surface area contributed by atoms with Crippen molar-refractivity contribution in [3.05, 3.63) is 30.1 Å². The third-order valence-electron chi connectivity index (χ3n) is 3.28. The lowest BCUT2D eigenvalue weighted by Gasteiger charge is -2.28. The fraction of sp³-hybridized carbons (Fsp3) is 0.462. The number of hydrogen-bond donors (Lipinski definition) is 1. The van der Waals surface area contributed by atoms with Gasteiger partial charge in [0, 0.05) is 38.2 Å². The van der Waals surface area contributed by atoms with Crippen molar-refractivity contribution in [2.24, 2.45) is 0 Å². The van der Waals surface area contributed by atoms with Gasteiger partial charge < -0.3 is 19.9 Å². The lowest BCUT2D eigenvalue weighted by atomic mass is 10.3. The van der Waals surface area contributed by atoms with Gasteiger partial charge in [0.25, 0.3) is 0 Å². The van der Waals surface area contributed by atoms with Gasteiger partial charge in [0.2, 0.25) is 0 Å². The molecule has 0 radical (unpaired) electrons. The summed E-state index contributed by atoms with van der Waals surface area (Å²) in [6, 6.07) is 1.80. The van der Waals surface area contributed by atoms with E-state index in [1.165, 1.54) is 0 Å². The number of hydrogen-bond acceptors (Lipinski definition) is 6. The maximum atomic E-state index is 5.86. The van der Waals surface area contributed by atoms with Crippen molar-refractivity contribution in [2.45, 2.75) is 26.6 Å². The normalized spacial score (nSPS) is 14.3. The Kier molecular flexibility index (Phi) is 3.51. The highest BCUT2D eigenvalue weighted by Crippen LogP contribution is 2.20. The lowest BCUT2D eigenvalue weighted by Crippen LogP contribution is -2.34. The first-order valence-electron chi connectivity index (χ1n) is 6.72. The molecule has 0 spiro atoms. The van der Waals surface area contributed by atoms with Gasteiger partial charge in [0.1, 0.15) is 24.1 Å². The predicted octanol–water partition coefficient (Wildman–Crippen LogP) is 0.812. The summed E-state index contributed by atoms with van der Waals surface area (Å²) in [4.78, 5) is 15.2. The third-order valence-corrected chi connectivity index (χ3v) is 3.28. The topological polar surface area (TPSA) is 82.1 Å². The van der Waals surface area contributed by atoms with Crippen LogP contribution in [0.5, 0.6) is 0 Å². The Bertz CT molecular complexity index is 596. The van der Waals surface area contributed by atoms with E-state index in [9.17, 15) is 0 Å². The summed E-state index contributed by atoms with van der Waals surface area (Å²) in [5.41, 5.74) is 5.86. The molecule has 1 aliphatic rings. The van der Waals surface area contributed by atoms with E-state index in [1.54, 1.807) is 6.07 Å². The SMILES string of the molecule is CCOCc1nc(N)cc(N2CCn3ccnc3C2)n1. The number of fused-ring (bicyclic) bond motifs is 1. The van der Waals surface area contributed by atoms with Crippen LogP contribution in [0.15, 0.2) is 18.5 Å². The van der Waals surface area contributed by atoms with Crippen molar-refractivity contribution in [1.82, 2.24) is 19.5 Å². The number of nitrogens with two attached hydrogens (primary N) is 1. The summed E-state index contributed by atoms with van der Waals surface area (Å²) < 4.78 is 7.50. The van der Waals surface area contributed by atoms with Crippen LogP contribution in [-0.4, -0.2) is 32.7 Å². The number of imidazole rings is 1. The molecule has 106 valence electrons. The van der Waals surface area contributed by atoms with Gasteiger partial charge in [0.15, 0.2) is 5.82 Å². The highest BCUT2D eigenvalue weighted by molar-refractivity contribution is 5.47. The number of rotatable bonds is 4. The molecule has 7 nitrogen and oxygen atoms in total. The van der Waals surface area contributed by atoms with Gasteiger partial charge in [-0.2, -0.15) is 0 Å². The first-order chi connectivity index (χ1) is 9.76. The number of nitrogens with zero attached hydrogens (tertiary/aromatic N) is 5. The highest BCUT2D eigenvalue weighted by atomic mass is 16.5. The zero-order valence-electron chi connectivity index (χ0n) is 11.5. The molecule has 0 aromatic carbocycles. The first-order valence-corrected chi connectivity index (χ1v) is 6.72. The van der Waals surface area contributed by atoms with Crippen LogP contribution >= 0.6 is 0 Å². The second-order valence-corrected chi connectivity index (χ2v) is 4.66. The van der Waals surface area contributed by atoms with E-state index < -0.39 is 0 Å². The molecule has 0 unspecified atom stereocenters. The molecule has 0 bridgehead atoms. The summed E-state index contributed by atoms with van der Waals surface area (Å²) in [6.45, 7) is 5.48. The molecule has 1 aliphatic heterocycles. The van der Waals surface area contributed by atoms with Gasteiger partial charge in [-0.1, -0.05) is 0 Å². The van der Waals surface area contributed by atoms with Crippen LogP contribution in [0.25, 0.3) is 0 Å². The van der Waals surface area contributed by atoms with Crippen LogP contribution in [0.4, 0.5) is 11.6 Å². The second-order valence-electron chi connectivity index (χ2n) is 4.66. The molecule has 2 aromatic heterocycles. The van der Waals surface area contributed by atoms with Crippen molar-refractivity contribution in [3.8, 4) is 0 Å². The van der Waals surface area contributed by atoms with Crippen LogP contribution in [0.2, 0.25) is 0 Å². The van der Waals surface area contributed by atoms with Gasteiger partial charge in [-0.3, -0.25) is 0 Å². The average Bonchev–Trinajstić information content (AvgIpc) is 2.92. The number of ether oxygens (including phenoxy) is 1. The minimum atomic E-state index is 0.386. The summed E-state index contributed by atoms with van der Waals surface area (Å²) in [5.74, 6) is 2.97. The monoisotopic (exact) mass is 274 g/mol. The Morgan fingerprint density at radius 3 is 3.10 bits per heavy atom. The minimum Gasteiger partial charge on any atom is -0.384 e. The van der Waals surface area contributed by atoms with E-state index >= 15 is 0 Å². The van der Waals surface area contributed by atoms with E-state index in [-0.39, 0.29) is 0 Å². The molecule has 0 atom stereocenters. The van der Waals surface area contributed by atoms with Crippen molar-refractivity contribution in [3.63, 3.8) is 0 Å². The lowest BCUT2D eigenvalue weighted by molar-refractivity contribution is 0.128. The van der Waals surface area contributed by atoms with E-state index in [0.717, 1.165) is 31.3 Å². The van der Waals surface area contributed by atoms with Crippen molar-refractivity contribution >= 4 is 11.6 Å². The van der Waals surface area contributed by atoms with Crippen molar-refractivity contribution in [1.29, 1.82) is 0 Å². The van der Waals surface area contributed by atoms with Crippen LogP contribution in [-0.2, 0) is 24.4 Å². The smallest absolute Gasteiger partial charge is 0.158 e. The van der Waals surface area contributed by atoms with Crippen LogP contribution < -0.4 is 10.6 Å². The van der Waals surface area contributed by atoms with E-state index in [0.29, 0.717) is 24.9 Å². The van der Waals surface area contributed by atoms with Gasteiger partial charge in [0.05, 0.1) is 6.54 Å². The molecule has 0 aliphatic carbocycles. The number of aromatic nitrogens is 4. The van der Waals surface area contributed by atoms with Gasteiger partial charge in [-0.05, 0) is 6.92 Å². The van der Waals surface area contributed by atoms with Crippen molar-refractivity contribution in [2.75, 3.05) is 23.8 Å². The third kappa shape index (κ3) is 2.57. The summed E-state index contributed by atoms with van der Waals surface area (Å²) in [5, 5.41) is 0. The number of nitrogen functional groups attached to an aromatic ring is 1. The Hall–Kier alpha value is -2.15. The second kappa shape index (κ2) is 5.46. The van der Waals surface area contributed by atoms with Gasteiger partial charge in [-0.25, -0.2) is 15.0 Å². The van der Waals surface area contributed by atoms with E-state index in [1.807, 2.05) is 19.3 Å². The fourth-order valence-electron chi connectivity index (χ4n) is 2.29. The van der Waals surface area contributed by atoms with Crippen LogP contribution in [0, 0.1) is 0 Å². The fourth-order valence-corrected chi connectivity index (χ4v) is 2.29. The Balaban J connectivity index is 1.82. The molecular weight excluding hydrogens is 256 g/mol. The minimum absolute atomic E-state index is 0.386. The number of anilines is 2. The zero-order chi connectivity index (χ0) is 13.9. The van der Waals surface area contributed by atoms with E-state index in [4.69, 9.17) is 10.5 Å². The largest absolute Gasteiger partial charge is 0.384 e. The van der Waals surface area contributed by atoms with Gasteiger partial charge >= 0.3 is 0 Å². The quantitative estimate of drug-likeness (QED) is 0.888. The zero-order valence-corrected chi connectivity index (χ0v) is 11.5. The molecule has 0 fully saturated rings. The first kappa shape index (κ1) is 12.9. The molecule has 3 heterocycles. The van der Waals surface area contributed by atoms with Crippen molar-refractivity contribution < 1.29 is 4.74 Å². The van der Waals surface area contributed by atoms with Crippen LogP contribution in [0.1, 0.15) is 18.6 Å². The Labute approximate surface area is 117 Å². The summed E-state index contributed by atoms with van der Waals surface area (Å²) in [6.07, 6.45) is 3.83. The summed E-state index contributed by atoms with van der Waals surface area (Å²) in [7, 11) is 0. The molecule has 0 saturated carbocycles. The molecule has 7 heteroatoms. The standard InChI is InChI=1S/C13H18N6O/c1-2-20-9-11-16-10(14)7-12(17-11)19-6-5-18-4-3-15-13(18)8-19/h3-4,7H,2,5-6,8-9H2,1H3,(H2,14,16,17). The summed E-state index contributed by atoms with van der Waals surface area (Å²) >= 11 is 0. The van der Waals surface area contributed by atoms with Gasteiger partial charge in [-0.15, -0.1) is 0 Å². The molecule has 20 heavy (non-hydrogen) atoms. The molecular formula is C13H18N6O. The Morgan fingerprint density at radius 2 is 2.25 bits per heavy atom.